The van der Waals surface area contributed by atoms with Gasteiger partial charge in [0.2, 0.25) is 0 Å². The average Bonchev–Trinajstić information content (AvgIpc) is 4.18. The standard InChI is InChI=1S/C31H42N15O24P5/c32-22-13-25(38-4-35-22)44(7-41-13)28-19(50)16(47)10(66-28)1-63-71(53,54)31(72(55,56)69-74(59,60)64-2-11-17(48)20(51)29(67-11)45-8-42-14-23(33)36-5-39-26(14)45)73(57,58)70-75(61,62)65-3-12-18(49)21(52)30(68-12)46-9-43-15-24(34)37-6-40-27(15)46/h4-12,16-21,28-31,47-52H,1-3H2,(H,53,54)(H,55,56)(H,57,58)(H,59,60)(H,61,62)(H2,32,35,38)(H2,33,36,39)(H2,34,37,40)/t10-,11-,12-,16-,17-,18-,19-,20-,21-,28-,29-,30-/m1/s1. The summed E-state index contributed by atoms with van der Waals surface area (Å²) in [4.78, 5) is 90.2. The molecule has 0 aliphatic carbocycles. The van der Waals surface area contributed by atoms with Crippen LogP contribution in [0.4, 0.5) is 17.5 Å². The molecule has 39 nitrogen and oxygen atoms in total. The molecule has 410 valence electrons. The largest absolute Gasteiger partial charge is 0.479 e. The van der Waals surface area contributed by atoms with E-state index in [1.54, 1.807) is 0 Å². The Balaban J connectivity index is 0.931. The average molecular weight is 1160 g/mol. The van der Waals surface area contributed by atoms with Crippen LogP contribution in [0.1, 0.15) is 18.7 Å². The molecular weight excluding hydrogens is 1120 g/mol. The van der Waals surface area contributed by atoms with E-state index in [0.29, 0.717) is 0 Å². The van der Waals surface area contributed by atoms with Gasteiger partial charge in [-0.15, -0.1) is 0 Å². The van der Waals surface area contributed by atoms with Crippen molar-refractivity contribution in [2.45, 2.75) is 78.8 Å². The maximum atomic E-state index is 14.1. The number of ether oxygens (including phenoxy) is 3. The highest BCUT2D eigenvalue weighted by atomic mass is 31.3. The Labute approximate surface area is 415 Å². The lowest BCUT2D eigenvalue weighted by molar-refractivity contribution is -0.0502. The topological polar surface area (TPSA) is 591 Å². The van der Waals surface area contributed by atoms with Crippen LogP contribution >= 0.6 is 38.4 Å². The Bertz CT molecular complexity index is 3220. The number of nitrogen functional groups attached to an aromatic ring is 3. The van der Waals surface area contributed by atoms with Gasteiger partial charge in [0, 0.05) is 0 Å². The van der Waals surface area contributed by atoms with Crippen molar-refractivity contribution in [2.75, 3.05) is 37.0 Å². The Morgan fingerprint density at radius 3 is 1.05 bits per heavy atom. The fourth-order valence-electron chi connectivity index (χ4n) is 8.02. The molecule has 9 rings (SSSR count). The van der Waals surface area contributed by atoms with Gasteiger partial charge < -0.3 is 91.0 Å². The minimum atomic E-state index is -6.93. The Kier molecular flexibility index (Phi) is 15.0. The Hall–Kier alpha value is -4.56. The molecule has 0 aromatic carbocycles. The predicted molar refractivity (Wildman–Crippen MR) is 240 cm³/mol. The third kappa shape index (κ3) is 10.6. The number of aliphatic hydroxyl groups excluding tert-OH is 6. The van der Waals surface area contributed by atoms with Crippen molar-refractivity contribution in [1.82, 2.24) is 58.6 Å². The number of fused-ring (bicyclic) bond motifs is 3. The molecule has 0 spiro atoms. The molecule has 3 fully saturated rings. The minimum Gasteiger partial charge on any atom is -0.387 e. The summed E-state index contributed by atoms with van der Waals surface area (Å²) in [6.45, 7) is -4.13. The third-order valence-electron chi connectivity index (χ3n) is 11.5. The monoisotopic (exact) mass is 1160 g/mol. The van der Waals surface area contributed by atoms with Crippen LogP contribution in [0.5, 0.6) is 0 Å². The highest BCUT2D eigenvalue weighted by molar-refractivity contribution is 7.90. The van der Waals surface area contributed by atoms with E-state index in [-0.39, 0.29) is 50.9 Å². The maximum Gasteiger partial charge on any atom is 0.479 e. The second kappa shape index (κ2) is 20.3. The second-order valence-electron chi connectivity index (χ2n) is 16.4. The molecular formula is C31H42N15O24P5. The van der Waals surface area contributed by atoms with E-state index in [1.165, 1.54) is 0 Å². The summed E-state index contributed by atoms with van der Waals surface area (Å²) in [6.07, 6.45) is -15.7. The van der Waals surface area contributed by atoms with Crippen LogP contribution < -0.4 is 17.2 Å². The third-order valence-corrected chi connectivity index (χ3v) is 23.5. The molecule has 17 N–H and O–H groups in total. The lowest BCUT2D eigenvalue weighted by Crippen LogP contribution is -2.34. The number of aliphatic hydroxyl groups is 6. The van der Waals surface area contributed by atoms with Crippen molar-refractivity contribution in [3.05, 3.63) is 38.0 Å². The molecule has 6 aromatic rings. The van der Waals surface area contributed by atoms with Crippen molar-refractivity contribution < 1.29 is 114 Å². The fraction of sp³-hybridized carbons (Fsp3) is 0.516. The molecule has 3 aliphatic heterocycles. The van der Waals surface area contributed by atoms with E-state index in [2.05, 4.69) is 53.5 Å². The molecule has 17 atom stereocenters. The van der Waals surface area contributed by atoms with Gasteiger partial charge in [-0.3, -0.25) is 36.4 Å². The van der Waals surface area contributed by atoms with E-state index < -0.39 is 137 Å². The van der Waals surface area contributed by atoms with Crippen molar-refractivity contribution >= 4 is 89.4 Å². The second-order valence-corrected chi connectivity index (χ2v) is 26.5. The zero-order valence-electron chi connectivity index (χ0n) is 37.2. The Morgan fingerprint density at radius 1 is 0.453 bits per heavy atom. The Morgan fingerprint density at radius 2 is 0.747 bits per heavy atom. The van der Waals surface area contributed by atoms with Crippen LogP contribution in [0.15, 0.2) is 38.0 Å². The molecule has 5 unspecified atom stereocenters. The lowest BCUT2D eigenvalue weighted by atomic mass is 10.1. The predicted octanol–water partition coefficient (Wildman–Crippen LogP) is -3.77. The number of hydrogen-bond acceptors (Lipinski definition) is 31. The number of phosphoric acid groups is 2. The summed E-state index contributed by atoms with van der Waals surface area (Å²) < 4.78 is 112. The van der Waals surface area contributed by atoms with Gasteiger partial charge in [0.1, 0.15) is 90.5 Å². The zero-order chi connectivity index (χ0) is 54.3. The van der Waals surface area contributed by atoms with Gasteiger partial charge in [-0.1, -0.05) is 0 Å². The van der Waals surface area contributed by atoms with Crippen LogP contribution in [0.3, 0.4) is 0 Å². The summed E-state index contributed by atoms with van der Waals surface area (Å²) in [7, 11) is -33.0. The summed E-state index contributed by atoms with van der Waals surface area (Å²) in [5.41, 5.74) is 17.4. The molecule has 44 heteroatoms. The molecule has 6 aromatic heterocycles. The summed E-state index contributed by atoms with van der Waals surface area (Å²) in [5.74, 6) is -0.285. The van der Waals surface area contributed by atoms with Gasteiger partial charge in [0.15, 0.2) is 53.1 Å². The SMILES string of the molecule is Nc1ncnc2c1ncn2[C@@H]1O[C@H](COP(=O)(O)OP(=O)(O)C(P(=O)(O)OC[C@H]2O[C@@H](n3cnc4c(N)ncnc43)[C@H](O)[C@@H]2O)P(=O)(O)OP(=O)(O)OC[C@H]2O[C@@H](n3cnc4c(N)ncnc43)[C@H](O)[C@@H]2O)[C@@H](O)[C@H]1O. The first-order valence-electron chi connectivity index (χ1n) is 20.9. The summed E-state index contributed by atoms with van der Waals surface area (Å²) in [6, 6.07) is 0. The minimum absolute atomic E-state index is 0.00904. The first kappa shape index (κ1) is 55.2. The molecule has 9 heterocycles. The van der Waals surface area contributed by atoms with Crippen molar-refractivity contribution in [3.8, 4) is 0 Å². The summed E-state index contributed by atoms with van der Waals surface area (Å²) in [5, 5.41) is 60.7. The molecule has 3 aliphatic rings. The summed E-state index contributed by atoms with van der Waals surface area (Å²) >= 11 is 0. The van der Waals surface area contributed by atoms with Gasteiger partial charge >= 0.3 is 38.4 Å². The smallest absolute Gasteiger partial charge is 0.387 e. The van der Waals surface area contributed by atoms with Crippen molar-refractivity contribution in [1.29, 1.82) is 0 Å². The molecule has 0 amide bonds. The van der Waals surface area contributed by atoms with Crippen LogP contribution in [-0.4, -0.2) is 194 Å². The molecule has 0 saturated carbocycles. The number of nitrogens with zero attached hydrogens (tertiary/aromatic N) is 12. The molecule has 75 heavy (non-hydrogen) atoms. The number of phosphoric ester groups is 2. The van der Waals surface area contributed by atoms with Gasteiger partial charge in [-0.2, -0.15) is 0 Å². The van der Waals surface area contributed by atoms with E-state index in [1.807, 2.05) is 0 Å². The highest BCUT2D eigenvalue weighted by Crippen LogP contribution is 2.84. The van der Waals surface area contributed by atoms with Gasteiger partial charge in [0.25, 0.3) is 5.14 Å². The maximum absolute atomic E-state index is 14.1. The van der Waals surface area contributed by atoms with Crippen molar-refractivity contribution in [3.63, 3.8) is 0 Å². The quantitative estimate of drug-likeness (QED) is 0.0346. The van der Waals surface area contributed by atoms with Crippen LogP contribution in [0.25, 0.3) is 33.5 Å². The van der Waals surface area contributed by atoms with Crippen LogP contribution in [-0.2, 0) is 59.2 Å². The number of nitrogens with two attached hydrogens (primary N) is 3. The highest BCUT2D eigenvalue weighted by Gasteiger charge is 2.64. The number of anilines is 3. The van der Waals surface area contributed by atoms with E-state index in [0.717, 1.165) is 51.7 Å². The lowest BCUT2D eigenvalue weighted by Gasteiger charge is -2.30. The number of hydrogen-bond donors (Lipinski definition) is 14. The fourth-order valence-corrected chi connectivity index (χ4v) is 18.9. The number of rotatable bonds is 19. The first-order chi connectivity index (χ1) is 35.1. The van der Waals surface area contributed by atoms with Gasteiger partial charge in [0.05, 0.1) is 38.8 Å². The number of imidazole rings is 3. The zero-order valence-corrected chi connectivity index (χ0v) is 41.6. The van der Waals surface area contributed by atoms with E-state index >= 15 is 0 Å². The van der Waals surface area contributed by atoms with E-state index in [9.17, 15) is 77.9 Å². The normalized spacial score (nSPS) is 31.8. The number of aromatic nitrogens is 12. The van der Waals surface area contributed by atoms with Crippen LogP contribution in [0.2, 0.25) is 0 Å². The molecule has 0 bridgehead atoms. The molecule has 0 radical (unpaired) electrons. The molecule has 3 saturated heterocycles. The van der Waals surface area contributed by atoms with E-state index in [4.69, 9.17) is 45.0 Å². The van der Waals surface area contributed by atoms with Gasteiger partial charge in [-0.25, -0.2) is 62.6 Å². The first-order valence-corrected chi connectivity index (χ1v) is 28.9. The van der Waals surface area contributed by atoms with Gasteiger partial charge in [-0.05, 0) is 0 Å². The van der Waals surface area contributed by atoms with Crippen LogP contribution in [0, 0.1) is 0 Å². The van der Waals surface area contributed by atoms with Crippen molar-refractivity contribution in [2.24, 2.45) is 0 Å².